The van der Waals surface area contributed by atoms with Gasteiger partial charge in [0.25, 0.3) is 0 Å². The van der Waals surface area contributed by atoms with E-state index in [1.165, 1.54) is 0 Å². The highest BCUT2D eigenvalue weighted by Crippen LogP contribution is 2.24. The average molecular weight is 206 g/mol. The summed E-state index contributed by atoms with van der Waals surface area (Å²) in [6, 6.07) is 6.27. The first-order valence-corrected chi connectivity index (χ1v) is 5.81. The molecule has 0 saturated carbocycles. The molecule has 1 aromatic rings. The fourth-order valence-corrected chi connectivity index (χ4v) is 2.50. The Labute approximate surface area is 88.6 Å². The van der Waals surface area contributed by atoms with Crippen molar-refractivity contribution in [2.24, 2.45) is 11.7 Å². The Bertz CT molecular complexity index is 310. The van der Waals surface area contributed by atoms with Crippen LogP contribution in [0.25, 0.3) is 0 Å². The van der Waals surface area contributed by atoms with Crippen LogP contribution in [-0.2, 0) is 0 Å². The molecule has 0 saturated heterocycles. The summed E-state index contributed by atoms with van der Waals surface area (Å²) in [5.41, 5.74) is 5.78. The van der Waals surface area contributed by atoms with Crippen molar-refractivity contribution in [2.75, 3.05) is 5.75 Å². The van der Waals surface area contributed by atoms with Gasteiger partial charge in [-0.15, -0.1) is 11.8 Å². The van der Waals surface area contributed by atoms with Crippen LogP contribution in [0.3, 0.4) is 0 Å². The number of hydrogen-bond donors (Lipinski definition) is 1. The highest BCUT2D eigenvalue weighted by atomic mass is 32.2. The predicted molar refractivity (Wildman–Crippen MR) is 60.2 cm³/mol. The van der Waals surface area contributed by atoms with E-state index in [0.29, 0.717) is 5.92 Å². The Morgan fingerprint density at radius 1 is 1.43 bits per heavy atom. The Balaban J connectivity index is 1.81. The zero-order chi connectivity index (χ0) is 9.80. The van der Waals surface area contributed by atoms with Crippen molar-refractivity contribution in [3.63, 3.8) is 0 Å². The molecule has 0 spiro atoms. The number of allylic oxidation sites excluding steroid dienone is 1. The van der Waals surface area contributed by atoms with E-state index in [1.54, 1.807) is 11.8 Å². The molecule has 2 rings (SSSR count). The number of hydrogen-bond acceptors (Lipinski definition) is 3. The van der Waals surface area contributed by atoms with Crippen LogP contribution in [0.1, 0.15) is 6.42 Å². The molecular weight excluding hydrogens is 192 g/mol. The fourth-order valence-electron chi connectivity index (χ4n) is 1.56. The van der Waals surface area contributed by atoms with Gasteiger partial charge >= 0.3 is 0 Å². The summed E-state index contributed by atoms with van der Waals surface area (Å²) < 4.78 is 0. The Hall–Kier alpha value is -0.800. The van der Waals surface area contributed by atoms with Gasteiger partial charge in [-0.3, -0.25) is 0 Å². The second-order valence-electron chi connectivity index (χ2n) is 3.52. The second-order valence-corrected chi connectivity index (χ2v) is 4.56. The maximum Gasteiger partial charge on any atom is 0.0959 e. The van der Waals surface area contributed by atoms with E-state index in [2.05, 4.69) is 17.1 Å². The molecule has 0 radical (unpaired) electrons. The molecule has 0 aliphatic heterocycles. The summed E-state index contributed by atoms with van der Waals surface area (Å²) in [5, 5.41) is 1.10. The number of nitrogens with two attached hydrogens (primary N) is 1. The van der Waals surface area contributed by atoms with E-state index in [9.17, 15) is 0 Å². The third-order valence-electron chi connectivity index (χ3n) is 2.29. The smallest absolute Gasteiger partial charge is 0.0959 e. The van der Waals surface area contributed by atoms with Gasteiger partial charge in [0.2, 0.25) is 0 Å². The molecule has 1 aromatic heterocycles. The number of thioether (sulfide) groups is 1. The molecule has 1 heterocycles. The zero-order valence-corrected chi connectivity index (χ0v) is 8.78. The third-order valence-corrected chi connectivity index (χ3v) is 3.42. The minimum absolute atomic E-state index is 0.268. The van der Waals surface area contributed by atoms with Crippen LogP contribution < -0.4 is 5.73 Å². The van der Waals surface area contributed by atoms with Crippen LogP contribution in [0.5, 0.6) is 0 Å². The minimum atomic E-state index is 0.268. The first-order valence-electron chi connectivity index (χ1n) is 4.82. The van der Waals surface area contributed by atoms with Gasteiger partial charge in [0, 0.05) is 18.0 Å². The lowest BCUT2D eigenvalue weighted by Crippen LogP contribution is -2.15. The van der Waals surface area contributed by atoms with Gasteiger partial charge in [-0.05, 0) is 24.5 Å². The average Bonchev–Trinajstić information content (AvgIpc) is 2.63. The number of rotatable bonds is 3. The maximum atomic E-state index is 5.78. The van der Waals surface area contributed by atoms with Gasteiger partial charge in [-0.1, -0.05) is 18.2 Å². The zero-order valence-electron chi connectivity index (χ0n) is 7.97. The largest absolute Gasteiger partial charge is 0.324 e. The lowest BCUT2D eigenvalue weighted by atomic mass is 10.1. The number of nitrogens with zero attached hydrogens (tertiary/aromatic N) is 1. The molecule has 1 aliphatic rings. The molecule has 74 valence electrons. The second kappa shape index (κ2) is 4.62. The van der Waals surface area contributed by atoms with E-state index in [1.807, 2.05) is 24.4 Å². The lowest BCUT2D eigenvalue weighted by Gasteiger charge is -2.07. The molecule has 2 atom stereocenters. The third kappa shape index (κ3) is 2.59. The standard InChI is InChI=1S/C11H14N2S/c12-10-5-4-9(7-10)8-14-11-3-1-2-6-13-11/h1-6,9-10H,7-8,12H2/t9-,10+/m0/s1. The molecule has 0 fully saturated rings. The van der Waals surface area contributed by atoms with Gasteiger partial charge in [0.05, 0.1) is 5.03 Å². The number of aromatic nitrogens is 1. The predicted octanol–water partition coefficient (Wildman–Crippen LogP) is 2.08. The SMILES string of the molecule is N[C@@H]1C=C[C@H](CSc2ccccn2)C1. The van der Waals surface area contributed by atoms with E-state index >= 15 is 0 Å². The van der Waals surface area contributed by atoms with E-state index in [0.717, 1.165) is 17.2 Å². The molecule has 1 aliphatic carbocycles. The summed E-state index contributed by atoms with van der Waals surface area (Å²) in [6.07, 6.45) is 7.24. The minimum Gasteiger partial charge on any atom is -0.324 e. The maximum absolute atomic E-state index is 5.78. The van der Waals surface area contributed by atoms with Crippen LogP contribution in [0.15, 0.2) is 41.6 Å². The number of pyridine rings is 1. The molecule has 0 unspecified atom stereocenters. The van der Waals surface area contributed by atoms with Crippen LogP contribution >= 0.6 is 11.8 Å². The highest BCUT2D eigenvalue weighted by molar-refractivity contribution is 7.99. The Morgan fingerprint density at radius 2 is 2.36 bits per heavy atom. The quantitative estimate of drug-likeness (QED) is 0.608. The van der Waals surface area contributed by atoms with E-state index in [4.69, 9.17) is 5.73 Å². The van der Waals surface area contributed by atoms with Crippen molar-refractivity contribution < 1.29 is 0 Å². The first-order chi connectivity index (χ1) is 6.84. The molecular formula is C11H14N2S. The van der Waals surface area contributed by atoms with Crippen molar-refractivity contribution in [1.29, 1.82) is 0 Å². The van der Waals surface area contributed by atoms with Crippen LogP contribution in [0.4, 0.5) is 0 Å². The summed E-state index contributed by atoms with van der Waals surface area (Å²) in [4.78, 5) is 4.27. The first kappa shape index (κ1) is 9.74. The molecule has 0 bridgehead atoms. The Morgan fingerprint density at radius 3 is 3.00 bits per heavy atom. The van der Waals surface area contributed by atoms with Gasteiger partial charge in [0.1, 0.15) is 0 Å². The molecule has 3 heteroatoms. The summed E-state index contributed by atoms with van der Waals surface area (Å²) in [5.74, 6) is 1.71. The van der Waals surface area contributed by atoms with Crippen LogP contribution in [0, 0.1) is 5.92 Å². The Kier molecular flexibility index (Phi) is 3.22. The van der Waals surface area contributed by atoms with Crippen molar-refractivity contribution in [2.45, 2.75) is 17.5 Å². The van der Waals surface area contributed by atoms with Crippen molar-refractivity contribution in [1.82, 2.24) is 4.98 Å². The van der Waals surface area contributed by atoms with Gasteiger partial charge < -0.3 is 5.73 Å². The topological polar surface area (TPSA) is 38.9 Å². The van der Waals surface area contributed by atoms with E-state index in [-0.39, 0.29) is 6.04 Å². The molecule has 2 nitrogen and oxygen atoms in total. The van der Waals surface area contributed by atoms with Crippen LogP contribution in [-0.4, -0.2) is 16.8 Å². The van der Waals surface area contributed by atoms with Crippen molar-refractivity contribution >= 4 is 11.8 Å². The summed E-state index contributed by atoms with van der Waals surface area (Å²) >= 11 is 1.80. The fraction of sp³-hybridized carbons (Fsp3) is 0.364. The van der Waals surface area contributed by atoms with Gasteiger partial charge in [-0.2, -0.15) is 0 Å². The van der Waals surface area contributed by atoms with Crippen molar-refractivity contribution in [3.8, 4) is 0 Å². The van der Waals surface area contributed by atoms with Gasteiger partial charge in [0.15, 0.2) is 0 Å². The lowest BCUT2D eigenvalue weighted by molar-refractivity contribution is 0.648. The molecule has 2 N–H and O–H groups in total. The monoisotopic (exact) mass is 206 g/mol. The van der Waals surface area contributed by atoms with E-state index < -0.39 is 0 Å². The molecule has 0 amide bonds. The molecule has 0 aromatic carbocycles. The summed E-state index contributed by atoms with van der Waals surface area (Å²) in [6.45, 7) is 0. The summed E-state index contributed by atoms with van der Waals surface area (Å²) in [7, 11) is 0. The van der Waals surface area contributed by atoms with Crippen molar-refractivity contribution in [3.05, 3.63) is 36.5 Å². The normalized spacial score (nSPS) is 25.5. The molecule has 14 heavy (non-hydrogen) atoms. The van der Waals surface area contributed by atoms with Gasteiger partial charge in [-0.25, -0.2) is 4.98 Å². The highest BCUT2D eigenvalue weighted by Gasteiger charge is 2.15. The van der Waals surface area contributed by atoms with Crippen LogP contribution in [0.2, 0.25) is 0 Å².